The zero-order valence-electron chi connectivity index (χ0n) is 24.2. The van der Waals surface area contributed by atoms with Crippen LogP contribution < -0.4 is 15.4 Å². The van der Waals surface area contributed by atoms with Gasteiger partial charge in [0.15, 0.2) is 11.7 Å². The summed E-state index contributed by atoms with van der Waals surface area (Å²) in [5, 5.41) is 21.9. The predicted molar refractivity (Wildman–Crippen MR) is 171 cm³/mol. The maximum absolute atomic E-state index is 14.2. The number of alkyl halides is 3. The van der Waals surface area contributed by atoms with Crippen LogP contribution in [-0.2, 0) is 0 Å². The molecule has 0 unspecified atom stereocenters. The van der Waals surface area contributed by atoms with Crippen LogP contribution >= 0.6 is 27.5 Å². The molecular formula is C32H28BrClF3N5O4. The SMILES string of the molecule is O=C(Nc1cc(Oc2ccc(Cl)cc2C2CCCCC2)cc([N+](=O)[O-])c1)c1cc2n(n1)[C@H](C(F)(F)F)C[C@H](c1ccc(Br)cc1)N2. The summed E-state index contributed by atoms with van der Waals surface area (Å²) in [5.74, 6) is 0.00714. The molecule has 46 heavy (non-hydrogen) atoms. The zero-order chi connectivity index (χ0) is 32.6. The number of halogens is 5. The number of fused-ring (bicyclic) bond motifs is 1. The van der Waals surface area contributed by atoms with Crippen molar-refractivity contribution in [2.45, 2.75) is 62.7 Å². The summed E-state index contributed by atoms with van der Waals surface area (Å²) in [6, 6.07) is 14.5. The van der Waals surface area contributed by atoms with E-state index in [0.717, 1.165) is 52.9 Å². The second kappa shape index (κ2) is 13.0. The smallest absolute Gasteiger partial charge is 0.410 e. The second-order valence-corrected chi connectivity index (χ2v) is 12.8. The molecule has 2 aliphatic rings. The standard InChI is InChI=1S/C32H28BrClF3N5O4/c33-20-8-6-19(7-9-20)26-16-29(32(35,36)37)41-30(39-26)17-27(40-41)31(43)38-22-13-23(42(44)45)15-24(14-22)46-28-11-10-21(34)12-25(28)18-4-2-1-3-5-18/h6-15,17-18,26,29,39H,1-5,16H2,(H,38,43)/t26-,29+/m1/s1. The third-order valence-electron chi connectivity index (χ3n) is 8.30. The first kappa shape index (κ1) is 31.9. The van der Waals surface area contributed by atoms with E-state index in [2.05, 4.69) is 31.7 Å². The summed E-state index contributed by atoms with van der Waals surface area (Å²) in [4.78, 5) is 24.5. The van der Waals surface area contributed by atoms with Gasteiger partial charge in [-0.3, -0.25) is 14.9 Å². The second-order valence-electron chi connectivity index (χ2n) is 11.4. The molecule has 1 amide bonds. The van der Waals surface area contributed by atoms with E-state index in [0.29, 0.717) is 16.3 Å². The van der Waals surface area contributed by atoms with Crippen LogP contribution in [0.25, 0.3) is 0 Å². The Hall–Kier alpha value is -4.10. The molecule has 1 fully saturated rings. The number of aromatic nitrogens is 2. The van der Waals surface area contributed by atoms with Crippen molar-refractivity contribution in [1.82, 2.24) is 9.78 Å². The number of carbonyl (C=O) groups excluding carboxylic acids is 1. The number of non-ortho nitro benzene ring substituents is 1. The van der Waals surface area contributed by atoms with Gasteiger partial charge in [-0.2, -0.15) is 18.3 Å². The lowest BCUT2D eigenvalue weighted by atomic mass is 9.84. The quantitative estimate of drug-likeness (QED) is 0.145. The van der Waals surface area contributed by atoms with E-state index >= 15 is 0 Å². The van der Waals surface area contributed by atoms with E-state index in [1.165, 1.54) is 18.2 Å². The van der Waals surface area contributed by atoms with E-state index in [1.54, 1.807) is 36.4 Å². The molecule has 1 saturated carbocycles. The number of hydrogen-bond acceptors (Lipinski definition) is 6. The number of hydrogen-bond donors (Lipinski definition) is 2. The van der Waals surface area contributed by atoms with Crippen LogP contribution in [0.5, 0.6) is 11.5 Å². The number of ether oxygens (including phenoxy) is 1. The first-order chi connectivity index (χ1) is 21.9. The Bertz CT molecular complexity index is 1780. The summed E-state index contributed by atoms with van der Waals surface area (Å²) in [6.07, 6.45) is 0.274. The van der Waals surface area contributed by atoms with Crippen LogP contribution in [0, 0.1) is 10.1 Å². The fraction of sp³-hybridized carbons (Fsp3) is 0.312. The Balaban J connectivity index is 1.27. The average Bonchev–Trinajstić information content (AvgIpc) is 3.46. The molecule has 1 aliphatic heterocycles. The highest BCUT2D eigenvalue weighted by molar-refractivity contribution is 9.10. The van der Waals surface area contributed by atoms with Crippen molar-refractivity contribution in [3.8, 4) is 11.5 Å². The van der Waals surface area contributed by atoms with Gasteiger partial charge in [-0.1, -0.05) is 58.9 Å². The number of nitro groups is 1. The van der Waals surface area contributed by atoms with E-state index in [4.69, 9.17) is 16.3 Å². The largest absolute Gasteiger partial charge is 0.457 e. The first-order valence-corrected chi connectivity index (χ1v) is 15.9. The molecule has 9 nitrogen and oxygen atoms in total. The van der Waals surface area contributed by atoms with Gasteiger partial charge in [-0.15, -0.1) is 0 Å². The van der Waals surface area contributed by atoms with Gasteiger partial charge in [-0.05, 0) is 60.2 Å². The molecule has 2 atom stereocenters. The Morgan fingerprint density at radius 3 is 2.50 bits per heavy atom. The van der Waals surface area contributed by atoms with Crippen molar-refractivity contribution < 1.29 is 27.6 Å². The molecule has 240 valence electrons. The molecule has 3 aromatic carbocycles. The highest BCUT2D eigenvalue weighted by Crippen LogP contribution is 2.44. The Morgan fingerprint density at radius 2 is 1.80 bits per heavy atom. The van der Waals surface area contributed by atoms with Gasteiger partial charge in [0.25, 0.3) is 11.6 Å². The van der Waals surface area contributed by atoms with E-state index in [1.807, 2.05) is 6.07 Å². The van der Waals surface area contributed by atoms with E-state index < -0.39 is 29.1 Å². The number of carbonyl (C=O) groups is 1. The fourth-order valence-corrected chi connectivity index (χ4v) is 6.53. The number of benzene rings is 3. The molecule has 4 aromatic rings. The Morgan fingerprint density at radius 1 is 1.07 bits per heavy atom. The lowest BCUT2D eigenvalue weighted by molar-refractivity contribution is -0.384. The Kier molecular flexibility index (Phi) is 8.97. The Labute approximate surface area is 275 Å². The summed E-state index contributed by atoms with van der Waals surface area (Å²) in [7, 11) is 0. The molecule has 2 N–H and O–H groups in total. The zero-order valence-corrected chi connectivity index (χ0v) is 26.5. The minimum Gasteiger partial charge on any atom is -0.457 e. The predicted octanol–water partition coefficient (Wildman–Crippen LogP) is 9.96. The van der Waals surface area contributed by atoms with Crippen LogP contribution in [0.15, 0.2) is 71.2 Å². The van der Waals surface area contributed by atoms with Gasteiger partial charge in [0.05, 0.1) is 22.7 Å². The normalized spacial score (nSPS) is 18.4. The topological polar surface area (TPSA) is 111 Å². The molecule has 0 saturated heterocycles. The molecule has 14 heteroatoms. The van der Waals surface area contributed by atoms with Crippen molar-refractivity contribution in [1.29, 1.82) is 0 Å². The minimum absolute atomic E-state index is 0.0152. The van der Waals surface area contributed by atoms with Crippen molar-refractivity contribution in [3.05, 3.63) is 103 Å². The summed E-state index contributed by atoms with van der Waals surface area (Å²) in [5.41, 5.74) is 0.926. The summed E-state index contributed by atoms with van der Waals surface area (Å²) < 4.78 is 50.2. The maximum atomic E-state index is 14.2. The monoisotopic (exact) mass is 717 g/mol. The molecule has 0 bridgehead atoms. The first-order valence-electron chi connectivity index (χ1n) is 14.7. The number of nitro benzene ring substituents is 1. The molecule has 1 aliphatic carbocycles. The van der Waals surface area contributed by atoms with Crippen LogP contribution in [0.4, 0.5) is 30.4 Å². The highest BCUT2D eigenvalue weighted by atomic mass is 79.9. The van der Waals surface area contributed by atoms with Gasteiger partial charge in [0.1, 0.15) is 17.3 Å². The molecule has 0 spiro atoms. The number of nitrogens with one attached hydrogen (secondary N) is 2. The number of anilines is 2. The lowest BCUT2D eigenvalue weighted by Crippen LogP contribution is -2.35. The van der Waals surface area contributed by atoms with Crippen LogP contribution in [0.3, 0.4) is 0 Å². The number of nitrogens with zero attached hydrogens (tertiary/aromatic N) is 3. The number of rotatable bonds is 7. The van der Waals surface area contributed by atoms with Crippen molar-refractivity contribution >= 4 is 50.6 Å². The third-order valence-corrected chi connectivity index (χ3v) is 9.06. The molecule has 2 heterocycles. The van der Waals surface area contributed by atoms with Gasteiger partial charge in [0.2, 0.25) is 0 Å². The van der Waals surface area contributed by atoms with Crippen LogP contribution in [0.2, 0.25) is 5.02 Å². The van der Waals surface area contributed by atoms with Gasteiger partial charge in [-0.25, -0.2) is 4.68 Å². The average molecular weight is 719 g/mol. The van der Waals surface area contributed by atoms with E-state index in [9.17, 15) is 28.1 Å². The van der Waals surface area contributed by atoms with E-state index in [-0.39, 0.29) is 41.0 Å². The van der Waals surface area contributed by atoms with Crippen molar-refractivity contribution in [2.75, 3.05) is 10.6 Å². The molecular weight excluding hydrogens is 691 g/mol. The summed E-state index contributed by atoms with van der Waals surface area (Å²) in [6.45, 7) is 0. The highest BCUT2D eigenvalue weighted by Gasteiger charge is 2.47. The maximum Gasteiger partial charge on any atom is 0.410 e. The molecule has 1 aromatic heterocycles. The molecule has 6 rings (SSSR count). The summed E-state index contributed by atoms with van der Waals surface area (Å²) >= 11 is 9.63. The lowest BCUT2D eigenvalue weighted by Gasteiger charge is -2.33. The third kappa shape index (κ3) is 7.00. The van der Waals surface area contributed by atoms with Gasteiger partial charge >= 0.3 is 6.18 Å². The van der Waals surface area contributed by atoms with Crippen molar-refractivity contribution in [2.24, 2.45) is 0 Å². The van der Waals surface area contributed by atoms with Crippen LogP contribution in [-0.4, -0.2) is 26.8 Å². The van der Waals surface area contributed by atoms with Crippen molar-refractivity contribution in [3.63, 3.8) is 0 Å². The van der Waals surface area contributed by atoms with Crippen LogP contribution in [0.1, 0.15) is 78.1 Å². The minimum atomic E-state index is -4.63. The van der Waals surface area contributed by atoms with Gasteiger partial charge in [0, 0.05) is 34.1 Å². The fourth-order valence-electron chi connectivity index (χ4n) is 6.08. The van der Waals surface area contributed by atoms with Gasteiger partial charge < -0.3 is 15.4 Å². The number of amides is 1. The molecule has 0 radical (unpaired) electrons.